The topological polar surface area (TPSA) is 42.0 Å². The van der Waals surface area contributed by atoms with E-state index in [9.17, 15) is 4.79 Å². The lowest BCUT2D eigenvalue weighted by molar-refractivity contribution is -0.117. The highest BCUT2D eigenvalue weighted by Gasteiger charge is 2.23. The Morgan fingerprint density at radius 1 is 0.966 bits per heavy atom. The van der Waals surface area contributed by atoms with Gasteiger partial charge in [-0.2, -0.15) is 0 Å². The fourth-order valence-corrected chi connectivity index (χ4v) is 3.89. The summed E-state index contributed by atoms with van der Waals surface area (Å²) in [5, 5.41) is 4.10. The van der Waals surface area contributed by atoms with Gasteiger partial charge in [0, 0.05) is 27.6 Å². The molecule has 0 spiro atoms. The Morgan fingerprint density at radius 3 is 2.21 bits per heavy atom. The van der Waals surface area contributed by atoms with Gasteiger partial charge >= 0.3 is 0 Å². The van der Waals surface area contributed by atoms with Gasteiger partial charge in [0.15, 0.2) is 0 Å². The molecule has 3 aromatic rings. The number of halogens is 2. The predicted molar refractivity (Wildman–Crippen MR) is 122 cm³/mol. The number of carbonyl (C=O) groups is 1. The van der Waals surface area contributed by atoms with Crippen molar-refractivity contribution in [1.29, 1.82) is 0 Å². The monoisotopic (exact) mass is 426 g/mol. The van der Waals surface area contributed by atoms with Crippen LogP contribution in [-0.2, 0) is 4.79 Å². The van der Waals surface area contributed by atoms with Gasteiger partial charge in [0.2, 0.25) is 5.91 Å². The zero-order valence-corrected chi connectivity index (χ0v) is 18.3. The van der Waals surface area contributed by atoms with Crippen LogP contribution in [0.15, 0.2) is 60.8 Å². The largest absolute Gasteiger partial charge is 0.326 e. The van der Waals surface area contributed by atoms with Crippen LogP contribution in [0.2, 0.25) is 10.0 Å². The third-order valence-electron chi connectivity index (χ3n) is 4.69. The lowest BCUT2D eigenvalue weighted by atomic mass is 9.89. The Morgan fingerprint density at radius 2 is 1.62 bits per heavy atom. The number of rotatable bonds is 6. The van der Waals surface area contributed by atoms with Crippen molar-refractivity contribution in [2.24, 2.45) is 5.92 Å². The maximum absolute atomic E-state index is 13.1. The van der Waals surface area contributed by atoms with Crippen LogP contribution < -0.4 is 5.32 Å². The third-order valence-corrected chi connectivity index (χ3v) is 5.13. The number of aryl methyl sites for hydroxylation is 1. The van der Waals surface area contributed by atoms with Crippen LogP contribution in [0.25, 0.3) is 11.1 Å². The molecule has 0 unspecified atom stereocenters. The summed E-state index contributed by atoms with van der Waals surface area (Å²) in [6, 6.07) is 17.1. The van der Waals surface area contributed by atoms with Crippen molar-refractivity contribution >= 4 is 34.8 Å². The van der Waals surface area contributed by atoms with Crippen molar-refractivity contribution in [3.05, 3.63) is 82.1 Å². The Hall–Kier alpha value is -2.36. The number of nitrogens with one attached hydrogen (secondary N) is 1. The standard InChI is InChI=1S/C24H24Cl2N2O/c1-15(2)10-23(19-12-20(25)14-21(26)13-19)24(29)28-22-6-4-17(5-7-22)18-8-9-27-16(3)11-18/h4-9,11-15,23H,10H2,1-3H3,(H,28,29)/t23-/m1/s1. The normalized spacial score (nSPS) is 12.1. The average molecular weight is 427 g/mol. The smallest absolute Gasteiger partial charge is 0.231 e. The number of hydrogen-bond donors (Lipinski definition) is 1. The Kier molecular flexibility index (Phi) is 6.94. The molecule has 1 amide bonds. The number of benzene rings is 2. The number of carbonyl (C=O) groups excluding carboxylic acids is 1. The average Bonchev–Trinajstić information content (AvgIpc) is 2.65. The second kappa shape index (κ2) is 9.43. The molecule has 0 aliphatic carbocycles. The predicted octanol–water partition coefficient (Wildman–Crippen LogP) is 7.13. The fraction of sp³-hybridized carbons (Fsp3) is 0.250. The van der Waals surface area contributed by atoms with E-state index >= 15 is 0 Å². The van der Waals surface area contributed by atoms with E-state index < -0.39 is 0 Å². The second-order valence-electron chi connectivity index (χ2n) is 7.64. The van der Waals surface area contributed by atoms with Crippen LogP contribution in [0.4, 0.5) is 5.69 Å². The lowest BCUT2D eigenvalue weighted by Crippen LogP contribution is -2.22. The molecule has 0 aliphatic heterocycles. The van der Waals surface area contributed by atoms with Crippen LogP contribution >= 0.6 is 23.2 Å². The molecule has 0 fully saturated rings. The Balaban J connectivity index is 1.80. The molecule has 1 heterocycles. The molecule has 0 aliphatic rings. The molecule has 0 bridgehead atoms. The van der Waals surface area contributed by atoms with Crippen LogP contribution in [0.1, 0.15) is 37.4 Å². The molecule has 0 saturated carbocycles. The highest BCUT2D eigenvalue weighted by atomic mass is 35.5. The maximum Gasteiger partial charge on any atom is 0.231 e. The molecule has 5 heteroatoms. The van der Waals surface area contributed by atoms with E-state index in [1.165, 1.54) is 0 Å². The van der Waals surface area contributed by atoms with E-state index in [0.29, 0.717) is 22.4 Å². The molecule has 3 rings (SSSR count). The zero-order chi connectivity index (χ0) is 21.0. The number of anilines is 1. The van der Waals surface area contributed by atoms with Crippen molar-refractivity contribution in [2.45, 2.75) is 33.1 Å². The molecule has 0 radical (unpaired) electrons. The van der Waals surface area contributed by atoms with Gasteiger partial charge in [0.05, 0.1) is 5.92 Å². The number of amides is 1. The van der Waals surface area contributed by atoms with Crippen LogP contribution in [0, 0.1) is 12.8 Å². The number of pyridine rings is 1. The van der Waals surface area contributed by atoms with Gasteiger partial charge in [-0.15, -0.1) is 0 Å². The summed E-state index contributed by atoms with van der Waals surface area (Å²) in [4.78, 5) is 17.3. The third kappa shape index (κ3) is 5.81. The molecule has 1 N–H and O–H groups in total. The summed E-state index contributed by atoms with van der Waals surface area (Å²) < 4.78 is 0. The quantitative estimate of drug-likeness (QED) is 0.455. The summed E-state index contributed by atoms with van der Waals surface area (Å²) >= 11 is 12.3. The minimum absolute atomic E-state index is 0.0652. The van der Waals surface area contributed by atoms with E-state index in [4.69, 9.17) is 23.2 Å². The second-order valence-corrected chi connectivity index (χ2v) is 8.51. The summed E-state index contributed by atoms with van der Waals surface area (Å²) in [7, 11) is 0. The molecular weight excluding hydrogens is 403 g/mol. The molecule has 1 atom stereocenters. The van der Waals surface area contributed by atoms with E-state index in [0.717, 1.165) is 28.1 Å². The highest BCUT2D eigenvalue weighted by molar-refractivity contribution is 6.34. The summed E-state index contributed by atoms with van der Waals surface area (Å²) in [6.45, 7) is 6.16. The minimum Gasteiger partial charge on any atom is -0.326 e. The molecule has 1 aromatic heterocycles. The Labute approximate surface area is 182 Å². The van der Waals surface area contributed by atoms with Gasteiger partial charge in [-0.1, -0.05) is 49.2 Å². The van der Waals surface area contributed by atoms with Gasteiger partial charge in [0.25, 0.3) is 0 Å². The van der Waals surface area contributed by atoms with Gasteiger partial charge < -0.3 is 5.32 Å². The van der Waals surface area contributed by atoms with E-state index in [1.54, 1.807) is 12.3 Å². The summed E-state index contributed by atoms with van der Waals surface area (Å²) in [6.07, 6.45) is 2.50. The first-order valence-corrected chi connectivity index (χ1v) is 10.4. The van der Waals surface area contributed by atoms with Gasteiger partial charge in [0.1, 0.15) is 0 Å². The van der Waals surface area contributed by atoms with Crippen LogP contribution in [0.3, 0.4) is 0 Å². The molecule has 3 nitrogen and oxygen atoms in total. The van der Waals surface area contributed by atoms with Gasteiger partial charge in [-0.05, 0) is 78.4 Å². The number of aromatic nitrogens is 1. The van der Waals surface area contributed by atoms with Crippen molar-refractivity contribution in [3.8, 4) is 11.1 Å². The number of nitrogens with zero attached hydrogens (tertiary/aromatic N) is 1. The zero-order valence-electron chi connectivity index (χ0n) is 16.7. The van der Waals surface area contributed by atoms with Crippen LogP contribution in [-0.4, -0.2) is 10.9 Å². The first-order valence-electron chi connectivity index (χ1n) is 9.62. The molecule has 2 aromatic carbocycles. The van der Waals surface area contributed by atoms with Gasteiger partial charge in [-0.3, -0.25) is 9.78 Å². The van der Waals surface area contributed by atoms with E-state index in [1.807, 2.05) is 55.5 Å². The first-order chi connectivity index (χ1) is 13.8. The van der Waals surface area contributed by atoms with Crippen molar-refractivity contribution in [3.63, 3.8) is 0 Å². The van der Waals surface area contributed by atoms with E-state index in [-0.39, 0.29) is 11.8 Å². The summed E-state index contributed by atoms with van der Waals surface area (Å²) in [5.41, 5.74) is 4.73. The number of hydrogen-bond acceptors (Lipinski definition) is 2. The Bertz CT molecular complexity index is 980. The maximum atomic E-state index is 13.1. The molecule has 0 saturated heterocycles. The van der Waals surface area contributed by atoms with E-state index in [2.05, 4.69) is 24.1 Å². The van der Waals surface area contributed by atoms with Crippen molar-refractivity contribution < 1.29 is 4.79 Å². The lowest BCUT2D eigenvalue weighted by Gasteiger charge is -2.20. The van der Waals surface area contributed by atoms with Crippen LogP contribution in [0.5, 0.6) is 0 Å². The molecule has 29 heavy (non-hydrogen) atoms. The fourth-order valence-electron chi connectivity index (χ4n) is 3.34. The first kappa shape index (κ1) is 21.4. The minimum atomic E-state index is -0.325. The SMILES string of the molecule is Cc1cc(-c2ccc(NC(=O)[C@H](CC(C)C)c3cc(Cl)cc(Cl)c3)cc2)ccn1. The summed E-state index contributed by atoms with van der Waals surface area (Å²) in [5.74, 6) is -0.0425. The van der Waals surface area contributed by atoms with Crippen molar-refractivity contribution in [2.75, 3.05) is 5.32 Å². The molecular formula is C24H24Cl2N2O. The highest BCUT2D eigenvalue weighted by Crippen LogP contribution is 2.30. The van der Waals surface area contributed by atoms with Crippen molar-refractivity contribution in [1.82, 2.24) is 4.98 Å². The molecule has 150 valence electrons. The van der Waals surface area contributed by atoms with Gasteiger partial charge in [-0.25, -0.2) is 0 Å².